The molecule has 0 spiro atoms. The number of carbonyl (C=O) groups excluding carboxylic acids is 1. The number of thiophene rings is 1. The molecule has 0 unspecified atom stereocenters. The molecule has 178 valence electrons. The number of nitrogens with one attached hydrogen (secondary N) is 1. The van der Waals surface area contributed by atoms with Gasteiger partial charge in [-0.15, -0.1) is 11.3 Å². The molecule has 2 N–H and O–H groups in total. The van der Waals surface area contributed by atoms with Gasteiger partial charge in [0.15, 0.2) is 0 Å². The molecule has 0 aliphatic heterocycles. The van der Waals surface area contributed by atoms with Gasteiger partial charge in [0, 0.05) is 11.1 Å². The summed E-state index contributed by atoms with van der Waals surface area (Å²) in [5, 5.41) is 11.2. The first kappa shape index (κ1) is 23.5. The number of ether oxygens (including phenoxy) is 2. The lowest BCUT2D eigenvalue weighted by Crippen LogP contribution is -2.31. The molecule has 2 heterocycles. The van der Waals surface area contributed by atoms with E-state index in [0.29, 0.717) is 28.6 Å². The standard InChI is InChI=1S/C24H25N3O6S/c1-3-32-15-11-9-14(10-12-15)27-22(29)17(20(28)26-24(27)31)13-25-21-19(23(30)33-4-2)16-7-5-6-8-18(16)34-21/h9-13,29H,3-8H2,1-2H3,(H,26,28,31). The van der Waals surface area contributed by atoms with Crippen molar-refractivity contribution in [2.45, 2.75) is 39.5 Å². The second-order valence-corrected chi connectivity index (χ2v) is 8.71. The van der Waals surface area contributed by atoms with Crippen molar-refractivity contribution < 1.29 is 19.4 Å². The second-order valence-electron chi connectivity index (χ2n) is 7.63. The van der Waals surface area contributed by atoms with Crippen LogP contribution < -0.4 is 16.0 Å². The van der Waals surface area contributed by atoms with E-state index in [4.69, 9.17) is 9.47 Å². The average Bonchev–Trinajstić information content (AvgIpc) is 3.18. The number of hydrogen-bond acceptors (Lipinski definition) is 8. The maximum Gasteiger partial charge on any atom is 0.341 e. The highest BCUT2D eigenvalue weighted by Gasteiger charge is 2.26. The van der Waals surface area contributed by atoms with Crippen molar-refractivity contribution in [2.24, 2.45) is 4.99 Å². The third-order valence-electron chi connectivity index (χ3n) is 5.47. The van der Waals surface area contributed by atoms with E-state index >= 15 is 0 Å². The van der Waals surface area contributed by atoms with E-state index < -0.39 is 23.1 Å². The Hall–Kier alpha value is -3.66. The van der Waals surface area contributed by atoms with Crippen LogP contribution in [0.25, 0.3) is 5.69 Å². The SMILES string of the molecule is CCOC(=O)c1c(N=Cc2c(O)n(-c3ccc(OCC)cc3)c(=O)[nH]c2=O)sc2c1CCCC2. The summed E-state index contributed by atoms with van der Waals surface area (Å²) < 4.78 is 11.6. The molecule has 2 aromatic heterocycles. The van der Waals surface area contributed by atoms with Crippen molar-refractivity contribution in [2.75, 3.05) is 13.2 Å². The molecule has 1 aliphatic carbocycles. The maximum atomic E-state index is 12.6. The number of hydrogen-bond donors (Lipinski definition) is 2. The molecule has 1 aromatic carbocycles. The summed E-state index contributed by atoms with van der Waals surface area (Å²) in [4.78, 5) is 45.3. The number of aryl methyl sites for hydroxylation is 1. The Bertz CT molecular complexity index is 1350. The van der Waals surface area contributed by atoms with Gasteiger partial charge in [0.05, 0.1) is 24.5 Å². The number of nitrogens with zero attached hydrogens (tertiary/aromatic N) is 2. The molecule has 1 aliphatic rings. The van der Waals surface area contributed by atoms with Gasteiger partial charge < -0.3 is 14.6 Å². The lowest BCUT2D eigenvalue weighted by Gasteiger charge is -2.12. The smallest absolute Gasteiger partial charge is 0.341 e. The quantitative estimate of drug-likeness (QED) is 0.392. The highest BCUT2D eigenvalue weighted by Crippen LogP contribution is 2.40. The molecule has 10 heteroatoms. The van der Waals surface area contributed by atoms with Gasteiger partial charge in [-0.1, -0.05) is 0 Å². The first-order valence-electron chi connectivity index (χ1n) is 11.1. The minimum atomic E-state index is -0.789. The van der Waals surface area contributed by atoms with E-state index in [-0.39, 0.29) is 12.2 Å². The molecule has 0 fully saturated rings. The van der Waals surface area contributed by atoms with Gasteiger partial charge in [-0.05, 0) is 69.4 Å². The number of aromatic nitrogens is 2. The first-order chi connectivity index (χ1) is 16.4. The van der Waals surface area contributed by atoms with Crippen LogP contribution in [-0.2, 0) is 17.6 Å². The molecule has 0 atom stereocenters. The Labute approximate surface area is 199 Å². The average molecular weight is 484 g/mol. The van der Waals surface area contributed by atoms with Crippen LogP contribution in [0, 0.1) is 0 Å². The van der Waals surface area contributed by atoms with Gasteiger partial charge in [-0.3, -0.25) is 9.78 Å². The highest BCUT2D eigenvalue weighted by molar-refractivity contribution is 7.16. The van der Waals surface area contributed by atoms with E-state index in [9.17, 15) is 19.5 Å². The number of H-pyrrole nitrogens is 1. The Kier molecular flexibility index (Phi) is 6.97. The molecular weight excluding hydrogens is 458 g/mol. The topological polar surface area (TPSA) is 123 Å². The van der Waals surface area contributed by atoms with Gasteiger partial charge in [0.1, 0.15) is 16.3 Å². The van der Waals surface area contributed by atoms with Crippen molar-refractivity contribution in [1.29, 1.82) is 0 Å². The van der Waals surface area contributed by atoms with Crippen molar-refractivity contribution in [1.82, 2.24) is 9.55 Å². The Morgan fingerprint density at radius 3 is 2.62 bits per heavy atom. The highest BCUT2D eigenvalue weighted by atomic mass is 32.1. The van der Waals surface area contributed by atoms with Crippen molar-refractivity contribution >= 4 is 28.5 Å². The number of carbonyl (C=O) groups is 1. The lowest BCUT2D eigenvalue weighted by molar-refractivity contribution is 0.0526. The van der Waals surface area contributed by atoms with Gasteiger partial charge in [-0.2, -0.15) is 0 Å². The number of aliphatic imine (C=N–C) groups is 1. The first-order valence-corrected chi connectivity index (χ1v) is 11.9. The molecule has 0 saturated heterocycles. The predicted molar refractivity (Wildman–Crippen MR) is 130 cm³/mol. The summed E-state index contributed by atoms with van der Waals surface area (Å²) in [5.74, 6) is -0.398. The summed E-state index contributed by atoms with van der Waals surface area (Å²) in [6.07, 6.45) is 4.82. The predicted octanol–water partition coefficient (Wildman–Crippen LogP) is 3.50. The van der Waals surface area contributed by atoms with Crippen LogP contribution in [0.1, 0.15) is 53.1 Å². The number of rotatable bonds is 7. The summed E-state index contributed by atoms with van der Waals surface area (Å²) in [6, 6.07) is 6.51. The molecule has 9 nitrogen and oxygen atoms in total. The normalized spacial score (nSPS) is 13.1. The molecule has 0 amide bonds. The van der Waals surface area contributed by atoms with Gasteiger partial charge in [0.2, 0.25) is 5.88 Å². The van der Waals surface area contributed by atoms with Crippen molar-refractivity contribution in [3.63, 3.8) is 0 Å². The molecule has 3 aromatic rings. The third-order valence-corrected chi connectivity index (χ3v) is 6.67. The van der Waals surface area contributed by atoms with E-state index in [1.165, 1.54) is 17.6 Å². The fraction of sp³-hybridized carbons (Fsp3) is 0.333. The summed E-state index contributed by atoms with van der Waals surface area (Å²) in [7, 11) is 0. The Morgan fingerprint density at radius 1 is 1.18 bits per heavy atom. The van der Waals surface area contributed by atoms with Crippen LogP contribution in [-0.4, -0.2) is 40.1 Å². The molecular formula is C24H25N3O6S. The molecule has 34 heavy (non-hydrogen) atoms. The molecule has 0 saturated carbocycles. The zero-order chi connectivity index (χ0) is 24.2. The van der Waals surface area contributed by atoms with E-state index in [1.807, 2.05) is 6.92 Å². The fourth-order valence-corrected chi connectivity index (χ4v) is 5.15. The summed E-state index contributed by atoms with van der Waals surface area (Å²) in [5.41, 5.74) is -0.0757. The van der Waals surface area contributed by atoms with E-state index in [2.05, 4.69) is 9.98 Å². The van der Waals surface area contributed by atoms with Crippen LogP contribution in [0.15, 0.2) is 38.8 Å². The second kappa shape index (κ2) is 10.1. The van der Waals surface area contributed by atoms with Crippen LogP contribution in [0.4, 0.5) is 5.00 Å². The molecule has 0 radical (unpaired) electrons. The zero-order valence-corrected chi connectivity index (χ0v) is 19.7. The Morgan fingerprint density at radius 2 is 1.91 bits per heavy atom. The van der Waals surface area contributed by atoms with Crippen LogP contribution in [0.3, 0.4) is 0 Å². The fourth-order valence-electron chi connectivity index (χ4n) is 3.93. The van der Waals surface area contributed by atoms with Crippen molar-refractivity contribution in [3.8, 4) is 17.3 Å². The van der Waals surface area contributed by atoms with Crippen LogP contribution in [0.2, 0.25) is 0 Å². The lowest BCUT2D eigenvalue weighted by atomic mass is 9.95. The van der Waals surface area contributed by atoms with Gasteiger partial charge in [0.25, 0.3) is 5.56 Å². The van der Waals surface area contributed by atoms with Gasteiger partial charge >= 0.3 is 11.7 Å². The minimum Gasteiger partial charge on any atom is -0.494 e. The number of aromatic hydroxyl groups is 1. The number of aromatic amines is 1. The Balaban J connectivity index is 1.77. The van der Waals surface area contributed by atoms with Gasteiger partial charge in [-0.25, -0.2) is 19.1 Å². The maximum absolute atomic E-state index is 12.6. The summed E-state index contributed by atoms with van der Waals surface area (Å²) in [6.45, 7) is 4.32. The van der Waals surface area contributed by atoms with Crippen LogP contribution >= 0.6 is 11.3 Å². The monoisotopic (exact) mass is 483 g/mol. The molecule has 4 rings (SSSR count). The number of esters is 1. The third kappa shape index (κ3) is 4.54. The largest absolute Gasteiger partial charge is 0.494 e. The molecule has 0 bridgehead atoms. The summed E-state index contributed by atoms with van der Waals surface area (Å²) >= 11 is 1.38. The minimum absolute atomic E-state index is 0.199. The van der Waals surface area contributed by atoms with Crippen molar-refractivity contribution in [3.05, 3.63) is 66.7 Å². The number of benzene rings is 1. The van der Waals surface area contributed by atoms with E-state index in [1.54, 1.807) is 31.2 Å². The zero-order valence-electron chi connectivity index (χ0n) is 18.9. The number of fused-ring (bicyclic) bond motifs is 1. The van der Waals surface area contributed by atoms with Crippen LogP contribution in [0.5, 0.6) is 11.6 Å². The van der Waals surface area contributed by atoms with E-state index in [0.717, 1.165) is 40.7 Å².